The van der Waals surface area contributed by atoms with Crippen LogP contribution in [0.15, 0.2) is 30.3 Å². The van der Waals surface area contributed by atoms with Gasteiger partial charge in [-0.15, -0.1) is 11.8 Å². The van der Waals surface area contributed by atoms with Gasteiger partial charge in [-0.2, -0.15) is 0 Å². The van der Waals surface area contributed by atoms with Crippen LogP contribution in [0.4, 0.5) is 0 Å². The Morgan fingerprint density at radius 3 is 2.67 bits per heavy atom. The number of hydrogen-bond donors (Lipinski definition) is 0. The van der Waals surface area contributed by atoms with Gasteiger partial charge in [0.05, 0.1) is 5.75 Å². The maximum absolute atomic E-state index is 3.19. The van der Waals surface area contributed by atoms with Crippen LogP contribution >= 0.6 is 11.8 Å². The first-order chi connectivity index (χ1) is 7.43. The van der Waals surface area contributed by atoms with E-state index in [0.717, 1.165) is 11.3 Å². The van der Waals surface area contributed by atoms with Crippen molar-refractivity contribution in [3.63, 3.8) is 0 Å². The fourth-order valence-electron chi connectivity index (χ4n) is 1.24. The van der Waals surface area contributed by atoms with Crippen molar-refractivity contribution >= 4 is 11.8 Å². The van der Waals surface area contributed by atoms with Gasteiger partial charge in [-0.25, -0.2) is 0 Å². The van der Waals surface area contributed by atoms with Gasteiger partial charge in [-0.3, -0.25) is 0 Å². The fraction of sp³-hybridized carbons (Fsp3) is 0.429. The standard InChI is InChI=1S/C14H18S/c1-2-3-7-12-15-13-8-11-14-9-5-4-6-10-14/h4-6,9-10H,2-3,7,12-13H2,1H3. The van der Waals surface area contributed by atoms with Crippen molar-refractivity contribution in [1.29, 1.82) is 0 Å². The van der Waals surface area contributed by atoms with Crippen molar-refractivity contribution in [1.82, 2.24) is 0 Å². The van der Waals surface area contributed by atoms with E-state index in [-0.39, 0.29) is 0 Å². The zero-order valence-corrected chi connectivity index (χ0v) is 10.1. The molecule has 80 valence electrons. The Balaban J connectivity index is 2.12. The van der Waals surface area contributed by atoms with E-state index in [4.69, 9.17) is 0 Å². The lowest BCUT2D eigenvalue weighted by Gasteiger charge is -1.94. The third kappa shape index (κ3) is 6.25. The van der Waals surface area contributed by atoms with Crippen molar-refractivity contribution in [3.8, 4) is 11.8 Å². The quantitative estimate of drug-likeness (QED) is 0.532. The minimum absolute atomic E-state index is 0.957. The first-order valence-electron chi connectivity index (χ1n) is 5.55. The summed E-state index contributed by atoms with van der Waals surface area (Å²) in [5, 5.41) is 0. The summed E-state index contributed by atoms with van der Waals surface area (Å²) in [5.41, 5.74) is 1.12. The highest BCUT2D eigenvalue weighted by atomic mass is 32.2. The molecule has 0 aliphatic carbocycles. The van der Waals surface area contributed by atoms with Gasteiger partial charge in [0.1, 0.15) is 0 Å². The molecule has 0 heterocycles. The average molecular weight is 218 g/mol. The van der Waals surface area contributed by atoms with E-state index in [9.17, 15) is 0 Å². The second-order valence-corrected chi connectivity index (χ2v) is 4.53. The number of rotatable bonds is 5. The highest BCUT2D eigenvalue weighted by Crippen LogP contribution is 2.05. The molecule has 0 spiro atoms. The van der Waals surface area contributed by atoms with E-state index in [0.29, 0.717) is 0 Å². The van der Waals surface area contributed by atoms with Crippen LogP contribution in [0.5, 0.6) is 0 Å². The van der Waals surface area contributed by atoms with E-state index in [1.807, 2.05) is 30.0 Å². The van der Waals surface area contributed by atoms with E-state index in [2.05, 4.69) is 30.9 Å². The van der Waals surface area contributed by atoms with Gasteiger partial charge < -0.3 is 0 Å². The predicted octanol–water partition coefficient (Wildman–Crippen LogP) is 3.96. The second kappa shape index (κ2) is 8.44. The molecule has 0 amide bonds. The molecule has 15 heavy (non-hydrogen) atoms. The van der Waals surface area contributed by atoms with Gasteiger partial charge in [-0.05, 0) is 24.3 Å². The molecule has 0 saturated carbocycles. The molecule has 0 saturated heterocycles. The topological polar surface area (TPSA) is 0 Å². The summed E-state index contributed by atoms with van der Waals surface area (Å²) < 4.78 is 0. The summed E-state index contributed by atoms with van der Waals surface area (Å²) in [6.45, 7) is 2.24. The van der Waals surface area contributed by atoms with Crippen molar-refractivity contribution in [2.24, 2.45) is 0 Å². The lowest BCUT2D eigenvalue weighted by atomic mass is 10.2. The SMILES string of the molecule is CCCCCSCC#Cc1ccccc1. The lowest BCUT2D eigenvalue weighted by Crippen LogP contribution is -1.81. The van der Waals surface area contributed by atoms with Crippen LogP contribution < -0.4 is 0 Å². The Morgan fingerprint density at radius 2 is 1.93 bits per heavy atom. The third-order valence-electron chi connectivity index (χ3n) is 2.07. The maximum Gasteiger partial charge on any atom is 0.0551 e. The van der Waals surface area contributed by atoms with Crippen LogP contribution in [-0.2, 0) is 0 Å². The van der Waals surface area contributed by atoms with Crippen LogP contribution in [0, 0.1) is 11.8 Å². The summed E-state index contributed by atoms with van der Waals surface area (Å²) in [4.78, 5) is 0. The fourth-order valence-corrected chi connectivity index (χ4v) is 1.96. The number of hydrogen-bond acceptors (Lipinski definition) is 1. The molecular weight excluding hydrogens is 200 g/mol. The molecule has 0 atom stereocenters. The molecule has 0 aliphatic heterocycles. The van der Waals surface area contributed by atoms with Gasteiger partial charge in [0, 0.05) is 5.56 Å². The Hall–Kier alpha value is -0.870. The molecule has 1 aromatic carbocycles. The van der Waals surface area contributed by atoms with Crippen molar-refractivity contribution in [2.45, 2.75) is 26.2 Å². The molecule has 0 aliphatic rings. The van der Waals surface area contributed by atoms with Crippen LogP contribution in [0.25, 0.3) is 0 Å². The number of unbranched alkanes of at least 4 members (excludes halogenated alkanes) is 2. The molecule has 0 aromatic heterocycles. The summed E-state index contributed by atoms with van der Waals surface area (Å²) in [6.07, 6.45) is 3.98. The zero-order valence-electron chi connectivity index (χ0n) is 9.33. The van der Waals surface area contributed by atoms with Gasteiger partial charge in [-0.1, -0.05) is 49.8 Å². The van der Waals surface area contributed by atoms with Crippen LogP contribution in [0.1, 0.15) is 31.7 Å². The smallest absolute Gasteiger partial charge is 0.0551 e. The van der Waals surface area contributed by atoms with E-state index >= 15 is 0 Å². The lowest BCUT2D eigenvalue weighted by molar-refractivity contribution is 0.779. The molecular formula is C14H18S. The largest absolute Gasteiger partial charge is 0.149 e. The summed E-state index contributed by atoms with van der Waals surface area (Å²) in [7, 11) is 0. The maximum atomic E-state index is 3.19. The molecule has 0 nitrogen and oxygen atoms in total. The van der Waals surface area contributed by atoms with Gasteiger partial charge >= 0.3 is 0 Å². The molecule has 0 fully saturated rings. The summed E-state index contributed by atoms with van der Waals surface area (Å²) >= 11 is 1.94. The first-order valence-corrected chi connectivity index (χ1v) is 6.70. The summed E-state index contributed by atoms with van der Waals surface area (Å²) in [5.74, 6) is 8.56. The summed E-state index contributed by atoms with van der Waals surface area (Å²) in [6, 6.07) is 10.2. The molecule has 0 N–H and O–H groups in total. The number of benzene rings is 1. The molecule has 0 radical (unpaired) electrons. The minimum atomic E-state index is 0.957. The molecule has 1 heteroatoms. The first kappa shape index (κ1) is 12.2. The van der Waals surface area contributed by atoms with Gasteiger partial charge in [0.2, 0.25) is 0 Å². The monoisotopic (exact) mass is 218 g/mol. The zero-order chi connectivity index (χ0) is 10.8. The second-order valence-electron chi connectivity index (χ2n) is 3.43. The molecule has 1 aromatic rings. The molecule has 0 bridgehead atoms. The van der Waals surface area contributed by atoms with Crippen LogP contribution in [-0.4, -0.2) is 11.5 Å². The normalized spacial score (nSPS) is 9.40. The average Bonchev–Trinajstić information content (AvgIpc) is 2.29. The Morgan fingerprint density at radius 1 is 1.13 bits per heavy atom. The van der Waals surface area contributed by atoms with Gasteiger partial charge in [0.15, 0.2) is 0 Å². The van der Waals surface area contributed by atoms with Crippen LogP contribution in [0.2, 0.25) is 0 Å². The molecule has 1 rings (SSSR count). The highest BCUT2D eigenvalue weighted by Gasteiger charge is 1.86. The minimum Gasteiger partial charge on any atom is -0.149 e. The van der Waals surface area contributed by atoms with Crippen LogP contribution in [0.3, 0.4) is 0 Å². The molecule has 0 unspecified atom stereocenters. The van der Waals surface area contributed by atoms with E-state index in [1.165, 1.54) is 25.0 Å². The van der Waals surface area contributed by atoms with Crippen molar-refractivity contribution in [2.75, 3.05) is 11.5 Å². The Kier molecular flexibility index (Phi) is 6.86. The predicted molar refractivity (Wildman–Crippen MR) is 70.2 cm³/mol. The van der Waals surface area contributed by atoms with Crippen molar-refractivity contribution in [3.05, 3.63) is 35.9 Å². The Labute approximate surface area is 97.5 Å². The van der Waals surface area contributed by atoms with E-state index < -0.39 is 0 Å². The van der Waals surface area contributed by atoms with E-state index in [1.54, 1.807) is 0 Å². The highest BCUT2D eigenvalue weighted by molar-refractivity contribution is 7.99. The van der Waals surface area contributed by atoms with Crippen molar-refractivity contribution < 1.29 is 0 Å². The Bertz CT molecular complexity index is 305. The third-order valence-corrected chi connectivity index (χ3v) is 3.00. The number of thioether (sulfide) groups is 1. The van der Waals surface area contributed by atoms with Gasteiger partial charge in [0.25, 0.3) is 0 Å².